The molecule has 0 spiro atoms. The van der Waals surface area contributed by atoms with Gasteiger partial charge in [-0.15, -0.1) is 5.10 Å². The van der Waals surface area contributed by atoms with Crippen molar-refractivity contribution in [1.29, 1.82) is 5.26 Å². The number of rotatable bonds is 6. The Kier molecular flexibility index (Phi) is 7.34. The molecule has 0 bridgehead atoms. The summed E-state index contributed by atoms with van der Waals surface area (Å²) in [5.41, 5.74) is 1.93. The zero-order chi connectivity index (χ0) is 22.5. The Morgan fingerprint density at radius 3 is 2.58 bits per heavy atom. The number of halogens is 3. The third-order valence-corrected chi connectivity index (χ3v) is 5.18. The lowest BCUT2D eigenvalue weighted by Crippen LogP contribution is -2.19. The van der Waals surface area contributed by atoms with Gasteiger partial charge in [-0.05, 0) is 61.4 Å². The maximum absolute atomic E-state index is 12.8. The lowest BCUT2D eigenvalue weighted by Gasteiger charge is -2.17. The van der Waals surface area contributed by atoms with Gasteiger partial charge >= 0.3 is 5.97 Å². The summed E-state index contributed by atoms with van der Waals surface area (Å²) in [4.78, 5) is 12.8. The fourth-order valence-electron chi connectivity index (χ4n) is 2.88. The number of hydrogen-bond acceptors (Lipinski definition) is 6. The summed E-state index contributed by atoms with van der Waals surface area (Å²) >= 11 is 18.3. The van der Waals surface area contributed by atoms with Crippen LogP contribution in [0.1, 0.15) is 35.2 Å². The highest BCUT2D eigenvalue weighted by molar-refractivity contribution is 6.32. The number of aryl methyl sites for hydroxylation is 1. The van der Waals surface area contributed by atoms with Gasteiger partial charge in [0.1, 0.15) is 17.4 Å². The third kappa shape index (κ3) is 5.45. The van der Waals surface area contributed by atoms with Crippen molar-refractivity contribution in [2.45, 2.75) is 19.8 Å². The standard InChI is InChI=1S/C22H16Cl3N3O3/c1-3-30-22(29)20(18-6-12(2)21(25)28-27-18)14-4-5-17(24)19(9-14)31-16-8-13(11-26)7-15(23)10-16/h4-10,20H,3H2,1-2H3. The lowest BCUT2D eigenvalue weighted by atomic mass is 9.94. The van der Waals surface area contributed by atoms with Crippen LogP contribution in [-0.2, 0) is 9.53 Å². The molecule has 3 aromatic rings. The van der Waals surface area contributed by atoms with Gasteiger partial charge in [-0.1, -0.05) is 40.9 Å². The van der Waals surface area contributed by atoms with Crippen LogP contribution in [0.4, 0.5) is 0 Å². The van der Waals surface area contributed by atoms with Gasteiger partial charge in [0.2, 0.25) is 0 Å². The first kappa shape index (κ1) is 22.8. The number of carbonyl (C=O) groups excluding carboxylic acids is 1. The number of aromatic nitrogens is 2. The smallest absolute Gasteiger partial charge is 0.319 e. The van der Waals surface area contributed by atoms with Crippen LogP contribution in [0, 0.1) is 18.3 Å². The van der Waals surface area contributed by atoms with Crippen LogP contribution in [0.15, 0.2) is 42.5 Å². The van der Waals surface area contributed by atoms with Crippen molar-refractivity contribution >= 4 is 40.8 Å². The summed E-state index contributed by atoms with van der Waals surface area (Å²) in [5.74, 6) is -0.755. The second-order valence-electron chi connectivity index (χ2n) is 6.51. The molecule has 0 aliphatic heterocycles. The number of esters is 1. The Morgan fingerprint density at radius 1 is 1.13 bits per heavy atom. The van der Waals surface area contributed by atoms with E-state index >= 15 is 0 Å². The molecule has 1 atom stereocenters. The van der Waals surface area contributed by atoms with Crippen LogP contribution in [0.3, 0.4) is 0 Å². The number of carbonyl (C=O) groups is 1. The average Bonchev–Trinajstić information content (AvgIpc) is 2.73. The fraction of sp³-hybridized carbons (Fsp3) is 0.182. The Hall–Kier alpha value is -2.85. The molecule has 0 saturated heterocycles. The first-order chi connectivity index (χ1) is 14.8. The number of nitrogens with zero attached hydrogens (tertiary/aromatic N) is 3. The molecule has 0 aliphatic carbocycles. The van der Waals surface area contributed by atoms with Gasteiger partial charge in [-0.2, -0.15) is 10.4 Å². The van der Waals surface area contributed by atoms with E-state index in [-0.39, 0.29) is 17.5 Å². The summed E-state index contributed by atoms with van der Waals surface area (Å²) in [6, 6.07) is 13.2. The van der Waals surface area contributed by atoms with Gasteiger partial charge < -0.3 is 9.47 Å². The molecule has 0 amide bonds. The molecule has 0 N–H and O–H groups in total. The zero-order valence-corrected chi connectivity index (χ0v) is 18.8. The van der Waals surface area contributed by atoms with Crippen molar-refractivity contribution in [1.82, 2.24) is 10.2 Å². The normalized spacial score (nSPS) is 11.5. The molecule has 9 heteroatoms. The van der Waals surface area contributed by atoms with E-state index in [1.807, 2.05) is 6.07 Å². The maximum atomic E-state index is 12.8. The number of benzene rings is 2. The van der Waals surface area contributed by atoms with E-state index in [0.29, 0.717) is 38.2 Å². The zero-order valence-electron chi connectivity index (χ0n) is 16.5. The molecule has 31 heavy (non-hydrogen) atoms. The van der Waals surface area contributed by atoms with E-state index in [9.17, 15) is 4.79 Å². The van der Waals surface area contributed by atoms with E-state index in [4.69, 9.17) is 49.5 Å². The van der Waals surface area contributed by atoms with E-state index < -0.39 is 11.9 Å². The monoisotopic (exact) mass is 475 g/mol. The number of nitriles is 1. The summed E-state index contributed by atoms with van der Waals surface area (Å²) in [5, 5.41) is 18.0. The van der Waals surface area contributed by atoms with Crippen molar-refractivity contribution in [3.8, 4) is 17.6 Å². The second kappa shape index (κ2) is 9.97. The second-order valence-corrected chi connectivity index (χ2v) is 7.71. The largest absolute Gasteiger partial charge is 0.465 e. The molecule has 0 radical (unpaired) electrons. The van der Waals surface area contributed by atoms with Crippen molar-refractivity contribution in [2.24, 2.45) is 0 Å². The summed E-state index contributed by atoms with van der Waals surface area (Å²) < 4.78 is 11.1. The fourth-order valence-corrected chi connectivity index (χ4v) is 3.35. The van der Waals surface area contributed by atoms with Gasteiger partial charge in [-0.3, -0.25) is 4.79 Å². The van der Waals surface area contributed by atoms with Gasteiger partial charge in [0, 0.05) is 5.02 Å². The van der Waals surface area contributed by atoms with Crippen molar-refractivity contribution in [2.75, 3.05) is 6.61 Å². The Balaban J connectivity index is 2.05. The van der Waals surface area contributed by atoms with E-state index in [0.717, 1.165) is 0 Å². The molecule has 1 heterocycles. The van der Waals surface area contributed by atoms with Gasteiger partial charge in [0.25, 0.3) is 0 Å². The Labute approximate surface area is 194 Å². The predicted octanol–water partition coefficient (Wildman–Crippen LogP) is 6.10. The molecule has 3 rings (SSSR count). The Bertz CT molecular complexity index is 1180. The highest BCUT2D eigenvalue weighted by Crippen LogP contribution is 2.36. The molecular formula is C22H16Cl3N3O3. The molecule has 0 aliphatic rings. The summed E-state index contributed by atoms with van der Waals surface area (Å²) in [6.45, 7) is 3.69. The van der Waals surface area contributed by atoms with Crippen LogP contribution in [-0.4, -0.2) is 22.8 Å². The minimum absolute atomic E-state index is 0.200. The number of ether oxygens (including phenoxy) is 2. The van der Waals surface area contributed by atoms with Crippen LogP contribution in [0.5, 0.6) is 11.5 Å². The van der Waals surface area contributed by atoms with Gasteiger partial charge in [0.05, 0.1) is 29.0 Å². The first-order valence-corrected chi connectivity index (χ1v) is 10.3. The molecule has 6 nitrogen and oxygen atoms in total. The third-order valence-electron chi connectivity index (χ3n) is 4.28. The van der Waals surface area contributed by atoms with Crippen molar-refractivity contribution in [3.05, 3.63) is 80.0 Å². The summed E-state index contributed by atoms with van der Waals surface area (Å²) in [6.07, 6.45) is 0. The predicted molar refractivity (Wildman–Crippen MR) is 118 cm³/mol. The minimum atomic E-state index is -0.864. The van der Waals surface area contributed by atoms with E-state index in [1.54, 1.807) is 44.2 Å². The van der Waals surface area contributed by atoms with E-state index in [2.05, 4.69) is 10.2 Å². The first-order valence-electron chi connectivity index (χ1n) is 9.16. The summed E-state index contributed by atoms with van der Waals surface area (Å²) in [7, 11) is 0. The van der Waals surface area contributed by atoms with Crippen LogP contribution < -0.4 is 4.74 Å². The molecule has 0 saturated carbocycles. The van der Waals surface area contributed by atoms with Crippen LogP contribution in [0.25, 0.3) is 0 Å². The highest BCUT2D eigenvalue weighted by atomic mass is 35.5. The SMILES string of the molecule is CCOC(=O)C(c1ccc(Cl)c(Oc2cc(Cl)cc(C#N)c2)c1)c1cc(C)c(Cl)nn1. The molecular weight excluding hydrogens is 461 g/mol. The quantitative estimate of drug-likeness (QED) is 0.399. The maximum Gasteiger partial charge on any atom is 0.319 e. The van der Waals surface area contributed by atoms with Crippen LogP contribution >= 0.6 is 34.8 Å². The van der Waals surface area contributed by atoms with E-state index in [1.165, 1.54) is 12.1 Å². The lowest BCUT2D eigenvalue weighted by molar-refractivity contribution is -0.143. The average molecular weight is 477 g/mol. The van der Waals surface area contributed by atoms with Crippen LogP contribution in [0.2, 0.25) is 15.2 Å². The minimum Gasteiger partial charge on any atom is -0.465 e. The molecule has 2 aromatic carbocycles. The molecule has 1 aromatic heterocycles. The molecule has 0 fully saturated rings. The highest BCUT2D eigenvalue weighted by Gasteiger charge is 2.27. The van der Waals surface area contributed by atoms with Crippen molar-refractivity contribution in [3.63, 3.8) is 0 Å². The van der Waals surface area contributed by atoms with Gasteiger partial charge in [0.15, 0.2) is 5.15 Å². The number of hydrogen-bond donors (Lipinski definition) is 0. The molecule has 1 unspecified atom stereocenters. The Morgan fingerprint density at radius 2 is 1.90 bits per heavy atom. The topological polar surface area (TPSA) is 85.1 Å². The molecule has 158 valence electrons. The van der Waals surface area contributed by atoms with Gasteiger partial charge in [-0.25, -0.2) is 0 Å². The van der Waals surface area contributed by atoms with Crippen molar-refractivity contribution < 1.29 is 14.3 Å².